The summed E-state index contributed by atoms with van der Waals surface area (Å²) in [5.41, 5.74) is 0.814. The van der Waals surface area contributed by atoms with Crippen LogP contribution in [0.5, 0.6) is 0 Å². The number of nitrogens with zero attached hydrogens (tertiary/aromatic N) is 4. The molecule has 2 fully saturated rings. The highest BCUT2D eigenvalue weighted by Gasteiger charge is 2.20. The molecule has 0 atom stereocenters. The lowest BCUT2D eigenvalue weighted by molar-refractivity contribution is -0.119. The van der Waals surface area contributed by atoms with E-state index in [-0.39, 0.29) is 11.7 Å². The Morgan fingerprint density at radius 2 is 1.84 bits per heavy atom. The second-order valence-electron chi connectivity index (χ2n) is 8.11. The van der Waals surface area contributed by atoms with Gasteiger partial charge in [0.25, 0.3) is 0 Å². The number of ether oxygens (including phenoxy) is 1. The van der Waals surface area contributed by atoms with E-state index < -0.39 is 0 Å². The van der Waals surface area contributed by atoms with Crippen LogP contribution in [0.25, 0.3) is 11.4 Å². The zero-order valence-corrected chi connectivity index (χ0v) is 18.6. The summed E-state index contributed by atoms with van der Waals surface area (Å²) in [6.07, 6.45) is 5.78. The summed E-state index contributed by atoms with van der Waals surface area (Å²) in [4.78, 5) is 14.8. The van der Waals surface area contributed by atoms with Gasteiger partial charge in [0.2, 0.25) is 5.91 Å². The lowest BCUT2D eigenvalue weighted by Gasteiger charge is -2.27. The van der Waals surface area contributed by atoms with Gasteiger partial charge in [-0.3, -0.25) is 9.69 Å². The Morgan fingerprint density at radius 1 is 1.10 bits per heavy atom. The van der Waals surface area contributed by atoms with Crippen molar-refractivity contribution in [1.29, 1.82) is 0 Å². The lowest BCUT2D eigenvalue weighted by atomic mass is 9.95. The van der Waals surface area contributed by atoms with E-state index in [1.807, 2.05) is 4.57 Å². The molecule has 0 spiro atoms. The Morgan fingerprint density at radius 3 is 2.58 bits per heavy atom. The predicted octanol–water partition coefficient (Wildman–Crippen LogP) is 2.96. The molecule has 1 saturated heterocycles. The van der Waals surface area contributed by atoms with Gasteiger partial charge in [-0.2, -0.15) is 0 Å². The number of thioether (sulfide) groups is 1. The number of hydrogen-bond acceptors (Lipinski definition) is 6. The van der Waals surface area contributed by atoms with E-state index in [0.717, 1.165) is 51.3 Å². The summed E-state index contributed by atoms with van der Waals surface area (Å²) in [5.74, 6) is 0.777. The highest BCUT2D eigenvalue weighted by molar-refractivity contribution is 7.99. The molecule has 4 rings (SSSR count). The normalized spacial score (nSPS) is 18.2. The predicted molar refractivity (Wildman–Crippen MR) is 118 cm³/mol. The average molecular weight is 448 g/mol. The highest BCUT2D eigenvalue weighted by Crippen LogP contribution is 2.25. The van der Waals surface area contributed by atoms with E-state index in [1.165, 1.54) is 43.2 Å². The van der Waals surface area contributed by atoms with Crippen molar-refractivity contribution in [3.8, 4) is 11.4 Å². The number of benzene rings is 1. The molecule has 1 N–H and O–H groups in total. The van der Waals surface area contributed by atoms with E-state index in [0.29, 0.717) is 29.3 Å². The van der Waals surface area contributed by atoms with Crippen molar-refractivity contribution in [3.05, 3.63) is 30.1 Å². The van der Waals surface area contributed by atoms with E-state index in [9.17, 15) is 9.18 Å². The number of hydrogen-bond donors (Lipinski definition) is 1. The summed E-state index contributed by atoms with van der Waals surface area (Å²) in [6, 6.07) is 6.60. The summed E-state index contributed by atoms with van der Waals surface area (Å²) in [7, 11) is 0. The lowest BCUT2D eigenvalue weighted by Crippen LogP contribution is -2.38. The van der Waals surface area contributed by atoms with Crippen LogP contribution in [-0.4, -0.2) is 70.2 Å². The minimum Gasteiger partial charge on any atom is -0.379 e. The number of rotatable bonds is 8. The van der Waals surface area contributed by atoms with Gasteiger partial charge in [-0.1, -0.05) is 31.0 Å². The van der Waals surface area contributed by atoms with E-state index in [4.69, 9.17) is 4.74 Å². The maximum atomic E-state index is 13.4. The number of carbonyl (C=O) groups is 1. The van der Waals surface area contributed by atoms with Crippen LogP contribution in [0.15, 0.2) is 29.4 Å². The minimum atomic E-state index is -0.280. The van der Waals surface area contributed by atoms with Crippen LogP contribution >= 0.6 is 11.8 Å². The molecule has 9 heteroatoms. The van der Waals surface area contributed by atoms with Crippen molar-refractivity contribution in [3.63, 3.8) is 0 Å². The largest absolute Gasteiger partial charge is 0.379 e. The van der Waals surface area contributed by atoms with Crippen LogP contribution in [0.2, 0.25) is 0 Å². The van der Waals surface area contributed by atoms with Crippen LogP contribution in [0.4, 0.5) is 4.39 Å². The maximum Gasteiger partial charge on any atom is 0.230 e. The van der Waals surface area contributed by atoms with Crippen molar-refractivity contribution in [2.45, 2.75) is 49.8 Å². The van der Waals surface area contributed by atoms with Crippen molar-refractivity contribution in [2.24, 2.45) is 0 Å². The summed E-state index contributed by atoms with van der Waals surface area (Å²) in [6.45, 7) is 4.84. The molecule has 1 aliphatic carbocycles. The number of carbonyl (C=O) groups excluding carboxylic acids is 1. The summed E-state index contributed by atoms with van der Waals surface area (Å²) >= 11 is 1.41. The second-order valence-corrected chi connectivity index (χ2v) is 9.05. The molecule has 2 heterocycles. The number of amides is 1. The molecule has 0 bridgehead atoms. The molecule has 1 saturated carbocycles. The van der Waals surface area contributed by atoms with Crippen LogP contribution in [0.3, 0.4) is 0 Å². The second kappa shape index (κ2) is 11.1. The molecular formula is C22H30FN5O2S. The number of nitrogens with one attached hydrogen (secondary N) is 1. The molecule has 1 amide bonds. The van der Waals surface area contributed by atoms with Gasteiger partial charge in [-0.05, 0) is 37.1 Å². The van der Waals surface area contributed by atoms with E-state index in [2.05, 4.69) is 20.4 Å². The Hall–Kier alpha value is -1.97. The molecular weight excluding hydrogens is 417 g/mol. The minimum absolute atomic E-state index is 0.0444. The third kappa shape index (κ3) is 6.27. The first-order valence-electron chi connectivity index (χ1n) is 11.1. The Kier molecular flexibility index (Phi) is 7.93. The molecule has 1 aromatic heterocycles. The van der Waals surface area contributed by atoms with Gasteiger partial charge in [0.1, 0.15) is 5.82 Å². The fourth-order valence-corrected chi connectivity index (χ4v) is 4.90. The zero-order chi connectivity index (χ0) is 21.5. The topological polar surface area (TPSA) is 72.3 Å². The van der Waals surface area contributed by atoms with Crippen LogP contribution in [0, 0.1) is 5.82 Å². The third-order valence-electron chi connectivity index (χ3n) is 5.87. The highest BCUT2D eigenvalue weighted by atomic mass is 32.2. The third-order valence-corrected chi connectivity index (χ3v) is 6.83. The van der Waals surface area contributed by atoms with E-state index in [1.54, 1.807) is 12.1 Å². The summed E-state index contributed by atoms with van der Waals surface area (Å²) < 4.78 is 20.9. The summed E-state index contributed by atoms with van der Waals surface area (Å²) in [5, 5.41) is 12.6. The molecule has 0 unspecified atom stereocenters. The Bertz CT molecular complexity index is 848. The van der Waals surface area contributed by atoms with Gasteiger partial charge in [0.05, 0.1) is 19.0 Å². The first kappa shape index (κ1) is 22.2. The Labute approximate surface area is 186 Å². The van der Waals surface area contributed by atoms with Gasteiger partial charge in [0.15, 0.2) is 11.0 Å². The molecule has 2 aromatic rings. The smallest absolute Gasteiger partial charge is 0.230 e. The van der Waals surface area contributed by atoms with Gasteiger partial charge in [-0.25, -0.2) is 4.39 Å². The molecule has 1 aromatic carbocycles. The van der Waals surface area contributed by atoms with Crippen LogP contribution in [-0.2, 0) is 16.1 Å². The maximum absolute atomic E-state index is 13.4. The van der Waals surface area contributed by atoms with Gasteiger partial charge >= 0.3 is 0 Å². The fourth-order valence-electron chi connectivity index (χ4n) is 4.12. The first-order valence-corrected chi connectivity index (χ1v) is 12.1. The molecule has 1 aliphatic heterocycles. The molecule has 31 heavy (non-hydrogen) atoms. The zero-order valence-electron chi connectivity index (χ0n) is 17.8. The number of aromatic nitrogens is 3. The van der Waals surface area contributed by atoms with Gasteiger partial charge < -0.3 is 14.6 Å². The SMILES string of the molecule is O=C(CSc1nnc(-c2ccc(F)cc2)n1CCN1CCOCC1)NC1CCCCC1. The van der Waals surface area contributed by atoms with Crippen molar-refractivity contribution < 1.29 is 13.9 Å². The van der Waals surface area contributed by atoms with Crippen molar-refractivity contribution in [1.82, 2.24) is 25.0 Å². The molecule has 168 valence electrons. The van der Waals surface area contributed by atoms with E-state index >= 15 is 0 Å². The fraction of sp³-hybridized carbons (Fsp3) is 0.591. The van der Waals surface area contributed by atoms with Crippen LogP contribution in [0.1, 0.15) is 32.1 Å². The number of halogens is 1. The quantitative estimate of drug-likeness (QED) is 0.628. The average Bonchev–Trinajstić information content (AvgIpc) is 3.21. The number of morpholine rings is 1. The molecule has 7 nitrogen and oxygen atoms in total. The monoisotopic (exact) mass is 447 g/mol. The Balaban J connectivity index is 1.43. The molecule has 0 radical (unpaired) electrons. The van der Waals surface area contributed by atoms with Crippen molar-refractivity contribution in [2.75, 3.05) is 38.6 Å². The standard InChI is InChI=1S/C22H30FN5O2S/c23-18-8-6-17(7-9-18)21-25-26-22(28(21)11-10-27-12-14-30-15-13-27)31-16-20(29)24-19-4-2-1-3-5-19/h6-9,19H,1-5,10-16H2,(H,24,29). The van der Waals surface area contributed by atoms with Gasteiger partial charge in [0, 0.05) is 37.8 Å². The first-order chi connectivity index (χ1) is 15.2. The van der Waals surface area contributed by atoms with Gasteiger partial charge in [-0.15, -0.1) is 10.2 Å². The van der Waals surface area contributed by atoms with Crippen molar-refractivity contribution >= 4 is 17.7 Å². The van der Waals surface area contributed by atoms with Crippen LogP contribution < -0.4 is 5.32 Å². The molecule has 2 aliphatic rings.